The van der Waals surface area contributed by atoms with Crippen LogP contribution in [0.2, 0.25) is 0 Å². The molecule has 0 spiro atoms. The van der Waals surface area contributed by atoms with Gasteiger partial charge in [0, 0.05) is 28.5 Å². The number of fused-ring (bicyclic) bond motifs is 3. The van der Waals surface area contributed by atoms with Crippen molar-refractivity contribution in [1.82, 2.24) is 19.7 Å². The summed E-state index contributed by atoms with van der Waals surface area (Å²) in [4.78, 5) is 23.0. The summed E-state index contributed by atoms with van der Waals surface area (Å²) in [5.41, 5.74) is 3.45. The lowest BCUT2D eigenvalue weighted by molar-refractivity contribution is 0.0964. The first-order valence-corrected chi connectivity index (χ1v) is 11.8. The molecule has 0 amide bonds. The van der Waals surface area contributed by atoms with Crippen LogP contribution in [-0.4, -0.2) is 32.6 Å². The van der Waals surface area contributed by atoms with Crippen LogP contribution in [0.4, 0.5) is 0 Å². The van der Waals surface area contributed by atoms with Gasteiger partial charge in [-0.3, -0.25) is 4.79 Å². The van der Waals surface area contributed by atoms with Gasteiger partial charge < -0.3 is 4.74 Å². The van der Waals surface area contributed by atoms with Crippen LogP contribution in [0.1, 0.15) is 28.4 Å². The third kappa shape index (κ3) is 3.64. The molecule has 0 fully saturated rings. The second-order valence-corrected chi connectivity index (χ2v) is 9.04. The predicted octanol–water partition coefficient (Wildman–Crippen LogP) is 5.83. The maximum Gasteiger partial charge on any atom is 0.193 e. The van der Waals surface area contributed by atoms with Gasteiger partial charge in [0.15, 0.2) is 16.8 Å². The molecule has 2 aromatic heterocycles. The summed E-state index contributed by atoms with van der Waals surface area (Å²) in [6, 6.07) is 26.9. The Labute approximate surface area is 200 Å². The molecule has 3 heterocycles. The van der Waals surface area contributed by atoms with Crippen molar-refractivity contribution in [3.8, 4) is 17.1 Å². The van der Waals surface area contributed by atoms with E-state index in [4.69, 9.17) is 19.8 Å². The average molecular weight is 465 g/mol. The Kier molecular flexibility index (Phi) is 5.11. The monoisotopic (exact) mass is 464 g/mol. The van der Waals surface area contributed by atoms with Crippen molar-refractivity contribution in [2.24, 2.45) is 0 Å². The van der Waals surface area contributed by atoms with Gasteiger partial charge >= 0.3 is 0 Å². The van der Waals surface area contributed by atoms with Gasteiger partial charge in [-0.25, -0.2) is 14.6 Å². The number of aromatic nitrogens is 4. The van der Waals surface area contributed by atoms with Crippen LogP contribution in [0.5, 0.6) is 5.75 Å². The number of methoxy groups -OCH3 is 1. The van der Waals surface area contributed by atoms with Crippen molar-refractivity contribution in [2.45, 2.75) is 22.6 Å². The fourth-order valence-corrected chi connectivity index (χ4v) is 5.25. The average Bonchev–Trinajstić information content (AvgIpc) is 3.32. The van der Waals surface area contributed by atoms with Crippen LogP contribution in [0.15, 0.2) is 95.1 Å². The van der Waals surface area contributed by atoms with Crippen molar-refractivity contribution < 1.29 is 9.53 Å². The fraction of sp³-hybridized carbons (Fsp3) is 0.111. The van der Waals surface area contributed by atoms with Gasteiger partial charge in [0.05, 0.1) is 18.7 Å². The maximum atomic E-state index is 13.3. The summed E-state index contributed by atoms with van der Waals surface area (Å²) in [5.74, 6) is 1.46. The van der Waals surface area contributed by atoms with E-state index in [1.165, 1.54) is 11.8 Å². The Morgan fingerprint density at radius 3 is 2.50 bits per heavy atom. The summed E-state index contributed by atoms with van der Waals surface area (Å²) in [5, 5.41) is 7.39. The summed E-state index contributed by atoms with van der Waals surface area (Å²) in [6.07, 6.45) is 0.263. The molecule has 34 heavy (non-hydrogen) atoms. The topological polar surface area (TPSA) is 69.9 Å². The number of carbonyl (C=O) groups excluding carboxylic acids is 1. The Bertz CT molecular complexity index is 1520. The lowest BCUT2D eigenvalue weighted by Crippen LogP contribution is -2.21. The molecule has 0 aliphatic carbocycles. The molecule has 0 radical (unpaired) electrons. The van der Waals surface area contributed by atoms with E-state index >= 15 is 0 Å². The molecular formula is C27H20N4O2S. The standard InChI is InChI=1S/C27H20N4O2S/c1-33-20-12-13-22-19(14-20)15-21-23(16-24(32)17-8-4-2-5-9-17)31-27(34-26(21)28-22)29-25(30-31)18-10-6-3-7-11-18/h2-15,23H,16H2,1H3. The quantitative estimate of drug-likeness (QED) is 0.305. The molecule has 1 aliphatic rings. The fourth-order valence-electron chi connectivity index (χ4n) is 4.22. The number of benzene rings is 3. The van der Waals surface area contributed by atoms with Gasteiger partial charge in [-0.05, 0) is 36.0 Å². The molecule has 1 unspecified atom stereocenters. The summed E-state index contributed by atoms with van der Waals surface area (Å²) in [7, 11) is 1.65. The third-order valence-corrected chi connectivity index (χ3v) is 6.94. The van der Waals surface area contributed by atoms with Gasteiger partial charge in [0.2, 0.25) is 0 Å². The van der Waals surface area contributed by atoms with Crippen molar-refractivity contribution in [3.63, 3.8) is 0 Å². The van der Waals surface area contributed by atoms with E-state index in [1.54, 1.807) is 7.11 Å². The highest BCUT2D eigenvalue weighted by atomic mass is 32.2. The Hall–Kier alpha value is -3.97. The summed E-state index contributed by atoms with van der Waals surface area (Å²) in [6.45, 7) is 0. The number of nitrogens with zero attached hydrogens (tertiary/aromatic N) is 4. The zero-order chi connectivity index (χ0) is 23.1. The Morgan fingerprint density at radius 2 is 1.74 bits per heavy atom. The molecule has 5 aromatic rings. The van der Waals surface area contributed by atoms with Gasteiger partial charge in [0.25, 0.3) is 0 Å². The highest BCUT2D eigenvalue weighted by Gasteiger charge is 2.32. The normalized spacial score (nSPS) is 14.4. The molecule has 0 saturated heterocycles. The van der Waals surface area contributed by atoms with E-state index in [0.29, 0.717) is 11.4 Å². The lowest BCUT2D eigenvalue weighted by Gasteiger charge is -2.25. The minimum absolute atomic E-state index is 0.0527. The number of ketones is 1. The number of ether oxygens (including phenoxy) is 1. The van der Waals surface area contributed by atoms with Crippen LogP contribution in [0.25, 0.3) is 22.3 Å². The highest BCUT2D eigenvalue weighted by molar-refractivity contribution is 7.99. The van der Waals surface area contributed by atoms with E-state index in [2.05, 4.69) is 6.07 Å². The molecule has 6 rings (SSSR count). The largest absolute Gasteiger partial charge is 0.497 e. The molecule has 0 bridgehead atoms. The van der Waals surface area contributed by atoms with E-state index in [0.717, 1.165) is 38.0 Å². The SMILES string of the molecule is COc1ccc2nc3c(cc2c1)C(CC(=O)c1ccccc1)n1nc(-c2ccccc2)nc1S3. The third-order valence-electron chi connectivity index (χ3n) is 5.96. The van der Waals surface area contributed by atoms with Crippen molar-refractivity contribution in [3.05, 3.63) is 96.1 Å². The molecule has 3 aromatic carbocycles. The number of rotatable bonds is 5. The van der Waals surface area contributed by atoms with Gasteiger partial charge in [-0.15, -0.1) is 5.10 Å². The van der Waals surface area contributed by atoms with E-state index in [1.807, 2.05) is 83.5 Å². The van der Waals surface area contributed by atoms with Gasteiger partial charge in [0.1, 0.15) is 10.8 Å². The molecule has 1 aliphatic heterocycles. The number of hydrogen-bond acceptors (Lipinski definition) is 6. The molecule has 0 N–H and O–H groups in total. The predicted molar refractivity (Wildman–Crippen MR) is 131 cm³/mol. The first kappa shape index (κ1) is 20.6. The second kappa shape index (κ2) is 8.43. The molecule has 166 valence electrons. The number of pyridine rings is 1. The van der Waals surface area contributed by atoms with Crippen LogP contribution in [-0.2, 0) is 0 Å². The minimum Gasteiger partial charge on any atom is -0.497 e. The number of carbonyl (C=O) groups is 1. The Balaban J connectivity index is 1.49. The Morgan fingerprint density at radius 1 is 0.971 bits per heavy atom. The summed E-state index contributed by atoms with van der Waals surface area (Å²) >= 11 is 1.49. The lowest BCUT2D eigenvalue weighted by atomic mass is 9.98. The van der Waals surface area contributed by atoms with Crippen LogP contribution >= 0.6 is 11.8 Å². The molecular weight excluding hydrogens is 444 g/mol. The molecule has 0 saturated carbocycles. The highest BCUT2D eigenvalue weighted by Crippen LogP contribution is 2.43. The smallest absolute Gasteiger partial charge is 0.193 e. The number of Topliss-reactive ketones (excluding diaryl/α,β-unsaturated/α-hetero) is 1. The first-order valence-electron chi connectivity index (χ1n) is 11.0. The second-order valence-electron chi connectivity index (χ2n) is 8.08. The van der Waals surface area contributed by atoms with Gasteiger partial charge in [-0.2, -0.15) is 0 Å². The van der Waals surface area contributed by atoms with Crippen molar-refractivity contribution >= 4 is 28.4 Å². The maximum absolute atomic E-state index is 13.3. The van der Waals surface area contributed by atoms with Crippen LogP contribution in [0, 0.1) is 0 Å². The molecule has 7 heteroatoms. The molecule has 1 atom stereocenters. The minimum atomic E-state index is -0.313. The van der Waals surface area contributed by atoms with Crippen LogP contribution in [0.3, 0.4) is 0 Å². The zero-order valence-electron chi connectivity index (χ0n) is 18.4. The van der Waals surface area contributed by atoms with Crippen molar-refractivity contribution in [1.29, 1.82) is 0 Å². The first-order chi connectivity index (χ1) is 16.7. The van der Waals surface area contributed by atoms with E-state index in [-0.39, 0.29) is 18.2 Å². The van der Waals surface area contributed by atoms with Gasteiger partial charge in [-0.1, -0.05) is 60.7 Å². The summed E-state index contributed by atoms with van der Waals surface area (Å²) < 4.78 is 7.29. The van der Waals surface area contributed by atoms with Crippen LogP contribution < -0.4 is 4.74 Å². The number of hydrogen-bond donors (Lipinski definition) is 0. The molecule has 6 nitrogen and oxygen atoms in total. The van der Waals surface area contributed by atoms with Crippen molar-refractivity contribution in [2.75, 3.05) is 7.11 Å². The van der Waals surface area contributed by atoms with E-state index in [9.17, 15) is 4.79 Å². The van der Waals surface area contributed by atoms with E-state index < -0.39 is 0 Å². The zero-order valence-corrected chi connectivity index (χ0v) is 19.2.